The Kier molecular flexibility index (Phi) is 3.59. The summed E-state index contributed by atoms with van der Waals surface area (Å²) in [5, 5.41) is 7.34. The molecule has 1 aliphatic rings. The number of rotatable bonds is 7. The zero-order valence-corrected chi connectivity index (χ0v) is 11.2. The van der Waals surface area contributed by atoms with Gasteiger partial charge < -0.3 is 14.4 Å². The third kappa shape index (κ3) is 3.20. The Labute approximate surface area is 112 Å². The van der Waals surface area contributed by atoms with Crippen LogP contribution in [-0.4, -0.2) is 26.2 Å². The van der Waals surface area contributed by atoms with Crippen molar-refractivity contribution in [3.63, 3.8) is 0 Å². The summed E-state index contributed by atoms with van der Waals surface area (Å²) in [6.45, 7) is 4.57. The van der Waals surface area contributed by atoms with Crippen LogP contribution in [0.5, 0.6) is 0 Å². The van der Waals surface area contributed by atoms with Crippen LogP contribution in [0.25, 0.3) is 0 Å². The van der Waals surface area contributed by atoms with E-state index in [2.05, 4.69) is 27.4 Å². The summed E-state index contributed by atoms with van der Waals surface area (Å²) in [5.74, 6) is 2.06. The van der Waals surface area contributed by atoms with Gasteiger partial charge in [0.05, 0.1) is 12.0 Å². The standard InChI is InChI=1S/C13H19N5O/c1-2-5-14-6-11-7-18(9-15-11)8-12-16-13(17-19-12)10-3-4-10/h7,9-10,14H,2-6,8H2,1H3. The molecule has 0 radical (unpaired) electrons. The van der Waals surface area contributed by atoms with E-state index < -0.39 is 0 Å². The lowest BCUT2D eigenvalue weighted by molar-refractivity contribution is 0.366. The van der Waals surface area contributed by atoms with Crippen LogP contribution >= 0.6 is 0 Å². The van der Waals surface area contributed by atoms with Crippen molar-refractivity contribution in [2.24, 2.45) is 0 Å². The molecule has 0 aliphatic heterocycles. The monoisotopic (exact) mass is 261 g/mol. The van der Waals surface area contributed by atoms with Gasteiger partial charge >= 0.3 is 0 Å². The van der Waals surface area contributed by atoms with Crippen molar-refractivity contribution in [2.45, 2.75) is 45.2 Å². The fourth-order valence-electron chi connectivity index (χ4n) is 1.97. The van der Waals surface area contributed by atoms with Crippen LogP contribution in [0.4, 0.5) is 0 Å². The smallest absolute Gasteiger partial charge is 0.246 e. The first kappa shape index (κ1) is 12.3. The lowest BCUT2D eigenvalue weighted by Gasteiger charge is -1.98. The highest BCUT2D eigenvalue weighted by molar-refractivity contribution is 5.04. The molecular formula is C13H19N5O. The average Bonchev–Trinajstić information content (AvgIpc) is 3.00. The van der Waals surface area contributed by atoms with Crippen LogP contribution in [0.1, 0.15) is 49.5 Å². The van der Waals surface area contributed by atoms with E-state index >= 15 is 0 Å². The maximum atomic E-state index is 5.25. The lowest BCUT2D eigenvalue weighted by Crippen LogP contribution is -2.13. The van der Waals surface area contributed by atoms with Crippen molar-refractivity contribution in [3.8, 4) is 0 Å². The third-order valence-electron chi connectivity index (χ3n) is 3.16. The number of nitrogens with zero attached hydrogens (tertiary/aromatic N) is 4. The summed E-state index contributed by atoms with van der Waals surface area (Å²) < 4.78 is 7.23. The normalized spacial score (nSPS) is 15.0. The highest BCUT2D eigenvalue weighted by Crippen LogP contribution is 2.38. The Morgan fingerprint density at radius 1 is 1.47 bits per heavy atom. The van der Waals surface area contributed by atoms with Gasteiger partial charge in [0.1, 0.15) is 6.54 Å². The molecular weight excluding hydrogens is 242 g/mol. The fraction of sp³-hybridized carbons (Fsp3) is 0.615. The minimum absolute atomic E-state index is 0.536. The molecule has 6 nitrogen and oxygen atoms in total. The van der Waals surface area contributed by atoms with Gasteiger partial charge in [-0.25, -0.2) is 4.98 Å². The van der Waals surface area contributed by atoms with E-state index in [0.29, 0.717) is 18.4 Å². The molecule has 1 fully saturated rings. The van der Waals surface area contributed by atoms with E-state index in [0.717, 1.165) is 31.0 Å². The molecule has 0 atom stereocenters. The van der Waals surface area contributed by atoms with Crippen LogP contribution in [0, 0.1) is 0 Å². The maximum absolute atomic E-state index is 5.25. The molecule has 0 aromatic carbocycles. The van der Waals surface area contributed by atoms with Crippen LogP contribution in [0.3, 0.4) is 0 Å². The van der Waals surface area contributed by atoms with Crippen molar-refractivity contribution in [3.05, 3.63) is 29.9 Å². The number of imidazole rings is 1. The van der Waals surface area contributed by atoms with Gasteiger partial charge in [0, 0.05) is 18.7 Å². The first-order chi connectivity index (χ1) is 9.35. The van der Waals surface area contributed by atoms with Gasteiger partial charge in [0.25, 0.3) is 0 Å². The van der Waals surface area contributed by atoms with Crippen LogP contribution in [0.2, 0.25) is 0 Å². The lowest BCUT2D eigenvalue weighted by atomic mass is 10.4. The Morgan fingerprint density at radius 3 is 3.16 bits per heavy atom. The van der Waals surface area contributed by atoms with Crippen LogP contribution in [0.15, 0.2) is 17.0 Å². The van der Waals surface area contributed by atoms with E-state index in [4.69, 9.17) is 4.52 Å². The van der Waals surface area contributed by atoms with Crippen molar-refractivity contribution >= 4 is 0 Å². The van der Waals surface area contributed by atoms with Gasteiger partial charge in [-0.15, -0.1) is 0 Å². The summed E-state index contributed by atoms with van der Waals surface area (Å²) >= 11 is 0. The zero-order valence-electron chi connectivity index (χ0n) is 11.2. The Balaban J connectivity index is 1.56. The highest BCUT2D eigenvalue weighted by atomic mass is 16.5. The molecule has 3 rings (SSSR count). The molecule has 102 valence electrons. The number of hydrogen-bond donors (Lipinski definition) is 1. The van der Waals surface area contributed by atoms with Gasteiger partial charge in [-0.2, -0.15) is 4.98 Å². The highest BCUT2D eigenvalue weighted by Gasteiger charge is 2.28. The van der Waals surface area contributed by atoms with E-state index in [1.54, 1.807) is 0 Å². The molecule has 1 saturated carbocycles. The van der Waals surface area contributed by atoms with E-state index in [9.17, 15) is 0 Å². The van der Waals surface area contributed by atoms with Crippen molar-refractivity contribution in [1.29, 1.82) is 0 Å². The molecule has 2 aromatic heterocycles. The summed E-state index contributed by atoms with van der Waals surface area (Å²) in [7, 11) is 0. The van der Waals surface area contributed by atoms with E-state index in [-0.39, 0.29) is 0 Å². The molecule has 0 spiro atoms. The molecule has 0 saturated heterocycles. The van der Waals surface area contributed by atoms with Gasteiger partial charge in [-0.05, 0) is 25.8 Å². The molecule has 0 amide bonds. The Morgan fingerprint density at radius 2 is 2.37 bits per heavy atom. The molecule has 1 N–H and O–H groups in total. The van der Waals surface area contributed by atoms with E-state index in [1.165, 1.54) is 12.8 Å². The van der Waals surface area contributed by atoms with Gasteiger partial charge in [0.2, 0.25) is 5.89 Å². The van der Waals surface area contributed by atoms with Gasteiger partial charge in [-0.1, -0.05) is 12.1 Å². The fourth-order valence-corrected chi connectivity index (χ4v) is 1.97. The molecule has 2 heterocycles. The minimum Gasteiger partial charge on any atom is -0.337 e. The summed E-state index contributed by atoms with van der Waals surface area (Å²) in [5.41, 5.74) is 1.04. The van der Waals surface area contributed by atoms with Crippen molar-refractivity contribution < 1.29 is 4.52 Å². The van der Waals surface area contributed by atoms with Gasteiger partial charge in [-0.3, -0.25) is 0 Å². The zero-order chi connectivity index (χ0) is 13.1. The van der Waals surface area contributed by atoms with Crippen LogP contribution in [-0.2, 0) is 13.1 Å². The third-order valence-corrected chi connectivity index (χ3v) is 3.16. The predicted octanol–water partition coefficient (Wildman–Crippen LogP) is 1.69. The van der Waals surface area contributed by atoms with E-state index in [1.807, 2.05) is 17.1 Å². The first-order valence-electron chi connectivity index (χ1n) is 6.89. The van der Waals surface area contributed by atoms with Crippen LogP contribution < -0.4 is 5.32 Å². The molecule has 6 heteroatoms. The topological polar surface area (TPSA) is 68.8 Å². The molecule has 2 aromatic rings. The summed E-state index contributed by atoms with van der Waals surface area (Å²) in [6.07, 6.45) is 7.34. The molecule has 1 aliphatic carbocycles. The van der Waals surface area contributed by atoms with Crippen molar-refractivity contribution in [1.82, 2.24) is 25.0 Å². The Bertz CT molecular complexity index is 529. The second kappa shape index (κ2) is 5.52. The number of aromatic nitrogens is 4. The quantitative estimate of drug-likeness (QED) is 0.768. The Hall–Kier alpha value is -1.69. The SMILES string of the molecule is CCCNCc1cn(Cc2nc(C3CC3)no2)cn1. The first-order valence-corrected chi connectivity index (χ1v) is 6.89. The maximum Gasteiger partial charge on any atom is 0.246 e. The minimum atomic E-state index is 0.536. The summed E-state index contributed by atoms with van der Waals surface area (Å²) in [6, 6.07) is 0. The van der Waals surface area contributed by atoms with Gasteiger partial charge in [0.15, 0.2) is 5.82 Å². The van der Waals surface area contributed by atoms with Crippen molar-refractivity contribution in [2.75, 3.05) is 6.54 Å². The number of nitrogens with one attached hydrogen (secondary N) is 1. The second-order valence-electron chi connectivity index (χ2n) is 5.03. The largest absolute Gasteiger partial charge is 0.337 e. The predicted molar refractivity (Wildman–Crippen MR) is 69.6 cm³/mol. The number of hydrogen-bond acceptors (Lipinski definition) is 5. The summed E-state index contributed by atoms with van der Waals surface area (Å²) in [4.78, 5) is 8.76. The molecule has 19 heavy (non-hydrogen) atoms. The molecule has 0 unspecified atom stereocenters. The molecule has 0 bridgehead atoms. The average molecular weight is 261 g/mol. The second-order valence-corrected chi connectivity index (χ2v) is 5.03.